The van der Waals surface area contributed by atoms with Crippen LogP contribution in [0.3, 0.4) is 0 Å². The summed E-state index contributed by atoms with van der Waals surface area (Å²) in [6.45, 7) is 0.633. The molecule has 1 N–H and O–H groups in total. The summed E-state index contributed by atoms with van der Waals surface area (Å²) in [5.74, 6) is -0.0572. The molecule has 1 aromatic carbocycles. The number of methoxy groups -OCH3 is 1. The quantitative estimate of drug-likeness (QED) is 0.921. The molecular formula is C17H18ClN3O3. The minimum absolute atomic E-state index is 0.0858. The third-order valence-electron chi connectivity index (χ3n) is 4.13. The Labute approximate surface area is 145 Å². The van der Waals surface area contributed by atoms with Gasteiger partial charge >= 0.3 is 0 Å². The number of carbonyl (C=O) groups is 2. The van der Waals surface area contributed by atoms with E-state index in [0.717, 1.165) is 0 Å². The number of hydrogen-bond acceptors (Lipinski definition) is 3. The van der Waals surface area contributed by atoms with Gasteiger partial charge in [0.25, 0.3) is 5.91 Å². The van der Waals surface area contributed by atoms with Crippen molar-refractivity contribution in [3.05, 3.63) is 47.2 Å². The molecule has 7 heteroatoms. The zero-order valence-electron chi connectivity index (χ0n) is 13.5. The highest BCUT2D eigenvalue weighted by Crippen LogP contribution is 2.30. The second-order valence-electron chi connectivity index (χ2n) is 5.67. The fraction of sp³-hybridized carbons (Fsp3) is 0.294. The van der Waals surface area contributed by atoms with Gasteiger partial charge < -0.3 is 19.5 Å². The van der Waals surface area contributed by atoms with Crippen molar-refractivity contribution in [1.29, 1.82) is 0 Å². The van der Waals surface area contributed by atoms with Crippen molar-refractivity contribution in [2.24, 2.45) is 0 Å². The molecule has 1 aliphatic rings. The summed E-state index contributed by atoms with van der Waals surface area (Å²) in [6, 6.07) is 6.53. The molecule has 2 heterocycles. The molecule has 1 saturated heterocycles. The van der Waals surface area contributed by atoms with Crippen LogP contribution in [0.25, 0.3) is 5.69 Å². The van der Waals surface area contributed by atoms with Gasteiger partial charge in [-0.15, -0.1) is 0 Å². The van der Waals surface area contributed by atoms with Crippen molar-refractivity contribution in [1.82, 2.24) is 14.8 Å². The van der Waals surface area contributed by atoms with E-state index in [1.165, 1.54) is 7.11 Å². The Morgan fingerprint density at radius 3 is 2.62 bits per heavy atom. The molecule has 0 aliphatic carbocycles. The Morgan fingerprint density at radius 1 is 1.33 bits per heavy atom. The van der Waals surface area contributed by atoms with E-state index in [1.807, 2.05) is 29.1 Å². The first-order chi connectivity index (χ1) is 11.5. The summed E-state index contributed by atoms with van der Waals surface area (Å²) in [6.07, 6.45) is 4.30. The highest BCUT2D eigenvalue weighted by atomic mass is 35.5. The summed E-state index contributed by atoms with van der Waals surface area (Å²) in [5.41, 5.74) is 1.02. The van der Waals surface area contributed by atoms with E-state index >= 15 is 0 Å². The van der Waals surface area contributed by atoms with E-state index < -0.39 is 6.04 Å². The van der Waals surface area contributed by atoms with Crippen molar-refractivity contribution < 1.29 is 14.3 Å². The molecule has 0 bridgehead atoms. The van der Waals surface area contributed by atoms with E-state index in [2.05, 4.69) is 5.32 Å². The van der Waals surface area contributed by atoms with Gasteiger partial charge in [0.1, 0.15) is 11.8 Å². The van der Waals surface area contributed by atoms with Crippen LogP contribution in [0.15, 0.2) is 36.7 Å². The number of nitrogens with zero attached hydrogens (tertiary/aromatic N) is 2. The third kappa shape index (κ3) is 2.97. The first kappa shape index (κ1) is 16.4. The van der Waals surface area contributed by atoms with E-state index in [-0.39, 0.29) is 11.8 Å². The van der Waals surface area contributed by atoms with Gasteiger partial charge in [0, 0.05) is 32.1 Å². The number of nitrogens with one attached hydrogen (secondary N) is 1. The Bertz CT molecular complexity index is 774. The molecule has 126 valence electrons. The largest absolute Gasteiger partial charge is 0.496 e. The number of hydrogen-bond donors (Lipinski definition) is 1. The van der Waals surface area contributed by atoms with Crippen LogP contribution in [0.5, 0.6) is 5.75 Å². The fourth-order valence-electron chi connectivity index (χ4n) is 2.77. The standard InChI is InChI=1S/C17H18ClN3O3/c1-20-8-5-13(17(20)23)19-16(22)11-9-12(18)14(10-15(11)24-2)21-6-3-4-7-21/h3-4,6-7,9-10,13H,5,8H2,1-2H3,(H,19,22). The summed E-state index contributed by atoms with van der Waals surface area (Å²) in [5, 5.41) is 3.18. The van der Waals surface area contributed by atoms with Crippen LogP contribution in [0.4, 0.5) is 0 Å². The number of benzene rings is 1. The smallest absolute Gasteiger partial charge is 0.255 e. The number of carbonyl (C=O) groups excluding carboxylic acids is 2. The van der Waals surface area contributed by atoms with Crippen LogP contribution in [0, 0.1) is 0 Å². The van der Waals surface area contributed by atoms with Gasteiger partial charge in [-0.3, -0.25) is 9.59 Å². The second kappa shape index (κ2) is 6.57. The summed E-state index contributed by atoms with van der Waals surface area (Å²) in [4.78, 5) is 26.1. The van der Waals surface area contributed by atoms with Crippen LogP contribution < -0.4 is 10.1 Å². The molecule has 1 fully saturated rings. The number of halogens is 1. The molecular weight excluding hydrogens is 330 g/mol. The van der Waals surface area contributed by atoms with E-state index in [9.17, 15) is 9.59 Å². The predicted octanol–water partition coefficient (Wildman–Crippen LogP) is 2.10. The van der Waals surface area contributed by atoms with Crippen LogP contribution in [-0.2, 0) is 4.79 Å². The number of ether oxygens (including phenoxy) is 1. The van der Waals surface area contributed by atoms with Crippen LogP contribution >= 0.6 is 11.6 Å². The maximum absolute atomic E-state index is 12.6. The lowest BCUT2D eigenvalue weighted by atomic mass is 10.1. The SMILES string of the molecule is COc1cc(-n2cccc2)c(Cl)cc1C(=O)NC1CCN(C)C1=O. The number of likely N-dealkylation sites (N-methyl/N-ethyl adjacent to an activating group) is 1. The van der Waals surface area contributed by atoms with Gasteiger partial charge in [-0.05, 0) is 24.6 Å². The lowest BCUT2D eigenvalue weighted by molar-refractivity contribution is -0.128. The zero-order chi connectivity index (χ0) is 17.3. The van der Waals surface area contributed by atoms with E-state index in [0.29, 0.717) is 35.0 Å². The normalized spacial score (nSPS) is 17.2. The highest BCUT2D eigenvalue weighted by molar-refractivity contribution is 6.33. The maximum Gasteiger partial charge on any atom is 0.255 e. The monoisotopic (exact) mass is 347 g/mol. The molecule has 1 aromatic heterocycles. The number of rotatable bonds is 4. The van der Waals surface area contributed by atoms with Crippen molar-refractivity contribution in [2.75, 3.05) is 20.7 Å². The molecule has 1 aliphatic heterocycles. The number of likely N-dealkylation sites (tertiary alicyclic amines) is 1. The maximum atomic E-state index is 12.6. The Hall–Kier alpha value is -2.47. The molecule has 1 atom stereocenters. The molecule has 3 rings (SSSR count). The minimum atomic E-state index is -0.505. The molecule has 2 amide bonds. The highest BCUT2D eigenvalue weighted by Gasteiger charge is 2.31. The lowest BCUT2D eigenvalue weighted by Gasteiger charge is -2.16. The Balaban J connectivity index is 1.89. The zero-order valence-corrected chi connectivity index (χ0v) is 14.2. The van der Waals surface area contributed by atoms with Crippen LogP contribution in [0.2, 0.25) is 5.02 Å². The predicted molar refractivity (Wildman–Crippen MR) is 90.8 cm³/mol. The van der Waals surface area contributed by atoms with Crippen LogP contribution in [-0.4, -0.2) is 48.0 Å². The molecule has 1 unspecified atom stereocenters. The van der Waals surface area contributed by atoms with Gasteiger partial charge in [0.2, 0.25) is 5.91 Å². The second-order valence-corrected chi connectivity index (χ2v) is 6.08. The summed E-state index contributed by atoms with van der Waals surface area (Å²) in [7, 11) is 3.21. The van der Waals surface area contributed by atoms with E-state index in [1.54, 1.807) is 24.1 Å². The number of aromatic nitrogens is 1. The molecule has 0 radical (unpaired) electrons. The first-order valence-corrected chi connectivity index (χ1v) is 7.95. The lowest BCUT2D eigenvalue weighted by Crippen LogP contribution is -2.40. The van der Waals surface area contributed by atoms with Gasteiger partial charge in [-0.25, -0.2) is 0 Å². The summed E-state index contributed by atoms with van der Waals surface area (Å²) >= 11 is 6.33. The third-order valence-corrected chi connectivity index (χ3v) is 4.43. The van der Waals surface area contributed by atoms with E-state index in [4.69, 9.17) is 16.3 Å². The fourth-order valence-corrected chi connectivity index (χ4v) is 3.04. The van der Waals surface area contributed by atoms with Crippen molar-refractivity contribution in [3.8, 4) is 11.4 Å². The molecule has 0 saturated carbocycles. The average molecular weight is 348 g/mol. The van der Waals surface area contributed by atoms with Crippen molar-refractivity contribution in [3.63, 3.8) is 0 Å². The number of amides is 2. The molecule has 0 spiro atoms. The van der Waals surface area contributed by atoms with Gasteiger partial charge in [-0.2, -0.15) is 0 Å². The summed E-state index contributed by atoms with van der Waals surface area (Å²) < 4.78 is 7.18. The van der Waals surface area contributed by atoms with Gasteiger partial charge in [-0.1, -0.05) is 11.6 Å². The topological polar surface area (TPSA) is 63.6 Å². The van der Waals surface area contributed by atoms with Gasteiger partial charge in [0.05, 0.1) is 23.4 Å². The average Bonchev–Trinajstić information content (AvgIpc) is 3.20. The minimum Gasteiger partial charge on any atom is -0.496 e. The van der Waals surface area contributed by atoms with Crippen molar-refractivity contribution >= 4 is 23.4 Å². The van der Waals surface area contributed by atoms with Crippen molar-refractivity contribution in [2.45, 2.75) is 12.5 Å². The molecule has 6 nitrogen and oxygen atoms in total. The molecule has 24 heavy (non-hydrogen) atoms. The Morgan fingerprint density at radius 2 is 2.04 bits per heavy atom. The van der Waals surface area contributed by atoms with Gasteiger partial charge in [0.15, 0.2) is 0 Å². The first-order valence-electron chi connectivity index (χ1n) is 7.58. The Kier molecular flexibility index (Phi) is 4.49. The van der Waals surface area contributed by atoms with Crippen LogP contribution in [0.1, 0.15) is 16.8 Å². The molecule has 2 aromatic rings.